The van der Waals surface area contributed by atoms with Gasteiger partial charge in [0, 0.05) is 26.1 Å². The van der Waals surface area contributed by atoms with Crippen LogP contribution in [-0.4, -0.2) is 34.0 Å². The topological polar surface area (TPSA) is 50.2 Å². The van der Waals surface area contributed by atoms with E-state index in [1.54, 1.807) is 7.05 Å². The highest BCUT2D eigenvalue weighted by Crippen LogP contribution is 2.46. The highest BCUT2D eigenvalue weighted by Gasteiger charge is 2.41. The Morgan fingerprint density at radius 3 is 2.51 bits per heavy atom. The number of fused-ring (bicyclic) bond motifs is 1. The molecule has 196 valence electrons. The molecular formula is C27H27ClF4N4O. The fourth-order valence-corrected chi connectivity index (χ4v) is 5.60. The molecule has 1 aliphatic heterocycles. The second kappa shape index (κ2) is 10.1. The van der Waals surface area contributed by atoms with Crippen molar-refractivity contribution in [3.63, 3.8) is 0 Å². The van der Waals surface area contributed by atoms with Gasteiger partial charge in [-0.1, -0.05) is 48.0 Å². The maximum atomic E-state index is 14.7. The number of rotatable bonds is 7. The fraction of sp³-hybridized carbons (Fsp3) is 0.407. The summed E-state index contributed by atoms with van der Waals surface area (Å²) in [5.41, 5.74) is 0.734. The molecule has 37 heavy (non-hydrogen) atoms. The Labute approximate surface area is 217 Å². The van der Waals surface area contributed by atoms with Crippen molar-refractivity contribution in [3.05, 3.63) is 87.7 Å². The van der Waals surface area contributed by atoms with Crippen LogP contribution in [0, 0.1) is 5.82 Å². The summed E-state index contributed by atoms with van der Waals surface area (Å²) in [6.45, 7) is 1.14. The molecule has 0 saturated heterocycles. The van der Waals surface area contributed by atoms with E-state index in [0.717, 1.165) is 36.0 Å². The number of benzene rings is 2. The third kappa shape index (κ3) is 5.11. The number of nitrogens with one attached hydrogen (secondary N) is 1. The van der Waals surface area contributed by atoms with Crippen molar-refractivity contribution in [2.45, 2.75) is 56.4 Å². The number of imidazole rings is 1. The maximum absolute atomic E-state index is 14.7. The zero-order valence-electron chi connectivity index (χ0n) is 20.2. The lowest BCUT2D eigenvalue weighted by atomic mass is 9.95. The molecule has 1 fully saturated rings. The van der Waals surface area contributed by atoms with Crippen LogP contribution in [0.5, 0.6) is 0 Å². The molecule has 2 aliphatic rings. The second-order valence-electron chi connectivity index (χ2n) is 9.60. The molecule has 2 atom stereocenters. The van der Waals surface area contributed by atoms with Gasteiger partial charge < -0.3 is 9.88 Å². The minimum atomic E-state index is -4.62. The van der Waals surface area contributed by atoms with Crippen LogP contribution in [-0.2, 0) is 23.9 Å². The molecule has 10 heteroatoms. The van der Waals surface area contributed by atoms with Crippen LogP contribution >= 0.6 is 11.6 Å². The fourth-order valence-electron chi connectivity index (χ4n) is 5.28. The monoisotopic (exact) mass is 534 g/mol. The van der Waals surface area contributed by atoms with Crippen LogP contribution in [0.4, 0.5) is 17.6 Å². The van der Waals surface area contributed by atoms with Gasteiger partial charge in [0.1, 0.15) is 17.7 Å². The van der Waals surface area contributed by atoms with Gasteiger partial charge in [0.05, 0.1) is 17.3 Å². The Bertz CT molecular complexity index is 1290. The molecule has 5 rings (SSSR count). The van der Waals surface area contributed by atoms with Crippen molar-refractivity contribution in [3.8, 4) is 0 Å². The molecule has 1 aromatic heterocycles. The standard InChI is InChI=1S/C27H27ClF4N4O/c1-33-26(37)22(17-5-3-2-4-6-17)35-13-14-36-23(24(28)34-25(36)18-7-8-18)21(35)12-10-16-9-11-19(15-20(16)29)27(30,31)32/h2-6,9,11,15,18,21-22H,7-8,10,12-14H2,1H3,(H,33,37)/t21-,22+/m0/s1. The van der Waals surface area contributed by atoms with E-state index in [-0.39, 0.29) is 17.9 Å². The molecule has 1 aliphatic carbocycles. The summed E-state index contributed by atoms with van der Waals surface area (Å²) in [5.74, 6) is 0.195. The number of aryl methyl sites for hydroxylation is 1. The van der Waals surface area contributed by atoms with Crippen LogP contribution in [0.1, 0.15) is 65.5 Å². The average Bonchev–Trinajstić information content (AvgIpc) is 3.67. The molecular weight excluding hydrogens is 508 g/mol. The number of nitrogens with zero attached hydrogens (tertiary/aromatic N) is 3. The first kappa shape index (κ1) is 25.7. The number of halogens is 5. The predicted molar refractivity (Wildman–Crippen MR) is 132 cm³/mol. The molecule has 3 aromatic rings. The molecule has 1 amide bonds. The maximum Gasteiger partial charge on any atom is 0.416 e. The van der Waals surface area contributed by atoms with Gasteiger partial charge in [-0.15, -0.1) is 0 Å². The normalized spacial score (nSPS) is 18.9. The minimum absolute atomic E-state index is 0.167. The summed E-state index contributed by atoms with van der Waals surface area (Å²) in [7, 11) is 1.58. The Hall–Kier alpha value is -2.91. The Kier molecular flexibility index (Phi) is 7.02. The van der Waals surface area contributed by atoms with Gasteiger partial charge in [-0.3, -0.25) is 9.69 Å². The molecule has 1 saturated carbocycles. The first-order valence-corrected chi connectivity index (χ1v) is 12.7. The third-order valence-corrected chi connectivity index (χ3v) is 7.52. The summed E-state index contributed by atoms with van der Waals surface area (Å²) in [6, 6.07) is 11.0. The van der Waals surface area contributed by atoms with Crippen molar-refractivity contribution in [1.29, 1.82) is 0 Å². The van der Waals surface area contributed by atoms with Gasteiger partial charge >= 0.3 is 6.18 Å². The lowest BCUT2D eigenvalue weighted by Crippen LogP contribution is -2.46. The van der Waals surface area contributed by atoms with Crippen molar-refractivity contribution in [2.75, 3.05) is 13.6 Å². The number of aromatic nitrogens is 2. The van der Waals surface area contributed by atoms with Gasteiger partial charge in [-0.05, 0) is 48.9 Å². The van der Waals surface area contributed by atoms with Crippen LogP contribution in [0.15, 0.2) is 48.5 Å². The summed E-state index contributed by atoms with van der Waals surface area (Å²) >= 11 is 6.68. The van der Waals surface area contributed by atoms with Gasteiger partial charge in [-0.2, -0.15) is 13.2 Å². The molecule has 0 unspecified atom stereocenters. The van der Waals surface area contributed by atoms with Crippen molar-refractivity contribution >= 4 is 17.5 Å². The number of likely N-dealkylation sites (N-methyl/N-ethyl adjacent to an activating group) is 1. The summed E-state index contributed by atoms with van der Waals surface area (Å²) < 4.78 is 55.9. The Morgan fingerprint density at radius 1 is 1.16 bits per heavy atom. The van der Waals surface area contributed by atoms with Gasteiger partial charge in [0.15, 0.2) is 5.15 Å². The number of carbonyl (C=O) groups is 1. The second-order valence-corrected chi connectivity index (χ2v) is 9.95. The number of alkyl halides is 3. The molecule has 1 N–H and O–H groups in total. The van der Waals surface area contributed by atoms with Crippen LogP contribution in [0.2, 0.25) is 5.15 Å². The summed E-state index contributed by atoms with van der Waals surface area (Å²) in [6.07, 6.45) is -2.01. The van der Waals surface area contributed by atoms with Crippen LogP contribution in [0.25, 0.3) is 0 Å². The Balaban J connectivity index is 1.52. The SMILES string of the molecule is CNC(=O)[C@@H](c1ccccc1)N1CCn2c(C3CC3)nc(Cl)c2[C@@H]1CCc1ccc(C(F)(F)F)cc1F. The number of amides is 1. The van der Waals surface area contributed by atoms with Crippen molar-refractivity contribution in [1.82, 2.24) is 19.8 Å². The van der Waals surface area contributed by atoms with Crippen LogP contribution in [0.3, 0.4) is 0 Å². The van der Waals surface area contributed by atoms with E-state index in [9.17, 15) is 22.4 Å². The highest BCUT2D eigenvalue weighted by atomic mass is 35.5. The smallest absolute Gasteiger partial charge is 0.358 e. The summed E-state index contributed by atoms with van der Waals surface area (Å²) in [5, 5.41) is 3.11. The average molecular weight is 535 g/mol. The van der Waals surface area contributed by atoms with Gasteiger partial charge in [0.25, 0.3) is 0 Å². The molecule has 0 spiro atoms. The highest BCUT2D eigenvalue weighted by molar-refractivity contribution is 6.30. The molecule has 2 heterocycles. The first-order valence-electron chi connectivity index (χ1n) is 12.3. The predicted octanol–water partition coefficient (Wildman–Crippen LogP) is 6.05. The summed E-state index contributed by atoms with van der Waals surface area (Å²) in [4.78, 5) is 19.9. The number of hydrogen-bond donors (Lipinski definition) is 1. The van der Waals surface area contributed by atoms with Crippen molar-refractivity contribution < 1.29 is 22.4 Å². The molecule has 5 nitrogen and oxygen atoms in total. The van der Waals surface area contributed by atoms with E-state index in [1.807, 2.05) is 30.3 Å². The zero-order valence-corrected chi connectivity index (χ0v) is 21.0. The van der Waals surface area contributed by atoms with E-state index < -0.39 is 29.6 Å². The molecule has 0 bridgehead atoms. The van der Waals surface area contributed by atoms with E-state index in [4.69, 9.17) is 11.6 Å². The minimum Gasteiger partial charge on any atom is -0.358 e. The molecule has 0 radical (unpaired) electrons. The van der Waals surface area contributed by atoms with Gasteiger partial charge in [0.2, 0.25) is 5.91 Å². The van der Waals surface area contributed by atoms with E-state index in [2.05, 4.69) is 19.8 Å². The van der Waals surface area contributed by atoms with Crippen LogP contribution < -0.4 is 5.32 Å². The van der Waals surface area contributed by atoms with E-state index in [0.29, 0.717) is 36.6 Å². The zero-order chi connectivity index (χ0) is 26.3. The van der Waals surface area contributed by atoms with Gasteiger partial charge in [-0.25, -0.2) is 9.37 Å². The number of hydrogen-bond acceptors (Lipinski definition) is 3. The number of carbonyl (C=O) groups excluding carboxylic acids is 1. The third-order valence-electron chi connectivity index (χ3n) is 7.24. The van der Waals surface area contributed by atoms with E-state index >= 15 is 0 Å². The lowest BCUT2D eigenvalue weighted by Gasteiger charge is -2.41. The largest absolute Gasteiger partial charge is 0.416 e. The lowest BCUT2D eigenvalue weighted by molar-refractivity contribution is -0.137. The quantitative estimate of drug-likeness (QED) is 0.376. The molecule has 2 aromatic carbocycles. The Morgan fingerprint density at radius 2 is 1.89 bits per heavy atom. The van der Waals surface area contributed by atoms with Crippen molar-refractivity contribution in [2.24, 2.45) is 0 Å². The first-order chi connectivity index (χ1) is 17.7. The van der Waals surface area contributed by atoms with E-state index in [1.165, 1.54) is 6.07 Å².